The van der Waals surface area contributed by atoms with Gasteiger partial charge in [0.1, 0.15) is 16.9 Å². The number of carbonyl (C=O) groups is 2. The van der Waals surface area contributed by atoms with Gasteiger partial charge in [-0.3, -0.25) is 4.98 Å². The minimum absolute atomic E-state index is 0.0695. The van der Waals surface area contributed by atoms with Crippen LogP contribution < -0.4 is 10.1 Å². The molecule has 2 N–H and O–H groups in total. The van der Waals surface area contributed by atoms with E-state index in [0.717, 1.165) is 10.8 Å². The van der Waals surface area contributed by atoms with Gasteiger partial charge in [0, 0.05) is 35.8 Å². The number of hydrogen-bond acceptors (Lipinski definition) is 6. The van der Waals surface area contributed by atoms with Gasteiger partial charge in [-0.2, -0.15) is 0 Å². The Hall–Kier alpha value is -3.68. The zero-order valence-corrected chi connectivity index (χ0v) is 17.9. The number of amides is 1. The number of ether oxygens (including phenoxy) is 2. The Morgan fingerprint density at radius 3 is 2.39 bits per heavy atom. The highest BCUT2D eigenvalue weighted by atomic mass is 16.6. The molecule has 1 atom stereocenters. The van der Waals surface area contributed by atoms with Gasteiger partial charge in [-0.15, -0.1) is 0 Å². The summed E-state index contributed by atoms with van der Waals surface area (Å²) >= 11 is 0. The predicted molar refractivity (Wildman–Crippen MR) is 115 cm³/mol. The third-order valence-electron chi connectivity index (χ3n) is 4.47. The fourth-order valence-electron chi connectivity index (χ4n) is 2.97. The Kier molecular flexibility index (Phi) is 6.10. The second-order valence-corrected chi connectivity index (χ2v) is 8.40. The first-order valence-electron chi connectivity index (χ1n) is 9.76. The molecule has 31 heavy (non-hydrogen) atoms. The average Bonchev–Trinajstić information content (AvgIpc) is 2.68. The van der Waals surface area contributed by atoms with Crippen LogP contribution in [0.2, 0.25) is 0 Å². The monoisotopic (exact) mass is 423 g/mol. The van der Waals surface area contributed by atoms with Gasteiger partial charge in [0.05, 0.1) is 0 Å². The number of alkyl carbamates (subject to hydrolysis) is 1. The number of pyridine rings is 2. The van der Waals surface area contributed by atoms with Crippen molar-refractivity contribution in [2.75, 3.05) is 0 Å². The van der Waals surface area contributed by atoms with Crippen molar-refractivity contribution in [3.05, 3.63) is 60.6 Å². The lowest BCUT2D eigenvalue weighted by atomic mass is 9.93. The molecule has 3 aromatic rings. The zero-order valence-electron chi connectivity index (χ0n) is 17.9. The van der Waals surface area contributed by atoms with Gasteiger partial charge >= 0.3 is 12.1 Å². The fraction of sp³-hybridized carbons (Fsp3) is 0.304. The van der Waals surface area contributed by atoms with Crippen LogP contribution in [-0.4, -0.2) is 38.3 Å². The Labute approximate surface area is 180 Å². The van der Waals surface area contributed by atoms with E-state index in [9.17, 15) is 14.7 Å². The lowest BCUT2D eigenvalue weighted by molar-refractivity contribution is -0.144. The summed E-state index contributed by atoms with van der Waals surface area (Å²) in [5.74, 6) is -0.153. The number of hydrogen-bond donors (Lipinski definition) is 2. The molecule has 0 saturated carbocycles. The van der Waals surface area contributed by atoms with Crippen molar-refractivity contribution in [1.29, 1.82) is 0 Å². The molecular formula is C23H25N3O5. The SMILES string of the molecule is CC(C)(C)OC(=O)N[C@@](C)(Cc1ccc(Oc2nccc3cnccc23)cc1)C(=O)O. The smallest absolute Gasteiger partial charge is 0.408 e. The van der Waals surface area contributed by atoms with Gasteiger partial charge in [0.2, 0.25) is 5.88 Å². The van der Waals surface area contributed by atoms with E-state index in [1.54, 1.807) is 63.6 Å². The number of benzene rings is 1. The molecule has 0 aliphatic carbocycles. The summed E-state index contributed by atoms with van der Waals surface area (Å²) in [6, 6.07) is 10.6. The Bertz CT molecular complexity index is 1090. The van der Waals surface area contributed by atoms with Crippen molar-refractivity contribution in [2.24, 2.45) is 0 Å². The highest BCUT2D eigenvalue weighted by Crippen LogP contribution is 2.27. The van der Waals surface area contributed by atoms with E-state index in [0.29, 0.717) is 17.2 Å². The van der Waals surface area contributed by atoms with Crippen LogP contribution in [0.1, 0.15) is 33.3 Å². The third-order valence-corrected chi connectivity index (χ3v) is 4.47. The summed E-state index contributed by atoms with van der Waals surface area (Å²) in [6.07, 6.45) is 4.34. The highest BCUT2D eigenvalue weighted by molar-refractivity contribution is 5.86. The van der Waals surface area contributed by atoms with Crippen LogP contribution in [0.3, 0.4) is 0 Å². The highest BCUT2D eigenvalue weighted by Gasteiger charge is 2.36. The number of carboxylic acid groups (broad SMARTS) is 1. The van der Waals surface area contributed by atoms with Crippen molar-refractivity contribution >= 4 is 22.8 Å². The number of carbonyl (C=O) groups excluding carboxylic acids is 1. The molecule has 2 heterocycles. The van der Waals surface area contributed by atoms with Crippen molar-refractivity contribution < 1.29 is 24.2 Å². The maximum atomic E-state index is 12.1. The van der Waals surface area contributed by atoms with Crippen LogP contribution in [0, 0.1) is 0 Å². The van der Waals surface area contributed by atoms with E-state index in [1.807, 2.05) is 12.1 Å². The summed E-state index contributed by atoms with van der Waals surface area (Å²) in [6.45, 7) is 6.58. The molecular weight excluding hydrogens is 398 g/mol. The molecule has 1 aromatic carbocycles. The first kappa shape index (κ1) is 22.0. The van der Waals surface area contributed by atoms with Gasteiger partial charge in [0.15, 0.2) is 0 Å². The Morgan fingerprint density at radius 1 is 1.03 bits per heavy atom. The molecule has 0 aliphatic heterocycles. The minimum Gasteiger partial charge on any atom is -0.480 e. The number of aliphatic carboxylic acids is 1. The van der Waals surface area contributed by atoms with Crippen molar-refractivity contribution in [3.8, 4) is 11.6 Å². The molecule has 0 spiro atoms. The summed E-state index contributed by atoms with van der Waals surface area (Å²) in [7, 11) is 0. The van der Waals surface area contributed by atoms with E-state index in [1.165, 1.54) is 6.92 Å². The lowest BCUT2D eigenvalue weighted by Gasteiger charge is -2.28. The maximum Gasteiger partial charge on any atom is 0.408 e. The van der Waals surface area contributed by atoms with E-state index < -0.39 is 23.2 Å². The van der Waals surface area contributed by atoms with Gasteiger partial charge < -0.3 is 19.9 Å². The summed E-state index contributed by atoms with van der Waals surface area (Å²) in [4.78, 5) is 32.3. The zero-order chi connectivity index (χ0) is 22.6. The molecule has 8 heteroatoms. The summed E-state index contributed by atoms with van der Waals surface area (Å²) < 4.78 is 11.1. The second-order valence-electron chi connectivity index (χ2n) is 8.40. The number of carboxylic acids is 1. The van der Waals surface area contributed by atoms with Crippen molar-refractivity contribution in [1.82, 2.24) is 15.3 Å². The fourth-order valence-corrected chi connectivity index (χ4v) is 2.97. The van der Waals surface area contributed by atoms with Gasteiger partial charge in [-0.25, -0.2) is 14.6 Å². The maximum absolute atomic E-state index is 12.1. The average molecular weight is 423 g/mol. The number of rotatable bonds is 6. The molecule has 1 amide bonds. The third kappa shape index (κ3) is 5.69. The minimum atomic E-state index is -1.53. The van der Waals surface area contributed by atoms with E-state index in [2.05, 4.69) is 15.3 Å². The Balaban J connectivity index is 1.73. The number of aromatic nitrogens is 2. The molecule has 0 unspecified atom stereocenters. The van der Waals surface area contributed by atoms with Gasteiger partial charge in [0.25, 0.3) is 0 Å². The summed E-state index contributed by atoms with van der Waals surface area (Å²) in [5.41, 5.74) is -1.55. The first-order valence-corrected chi connectivity index (χ1v) is 9.76. The van der Waals surface area contributed by atoms with Crippen LogP contribution in [0.15, 0.2) is 55.0 Å². The molecule has 0 saturated heterocycles. The molecule has 0 fully saturated rings. The van der Waals surface area contributed by atoms with Crippen LogP contribution in [0.25, 0.3) is 10.8 Å². The molecule has 2 aromatic heterocycles. The lowest BCUT2D eigenvalue weighted by Crippen LogP contribution is -2.54. The molecule has 162 valence electrons. The molecule has 0 bridgehead atoms. The molecule has 0 radical (unpaired) electrons. The van der Waals surface area contributed by atoms with Crippen LogP contribution >= 0.6 is 0 Å². The van der Waals surface area contributed by atoms with Crippen LogP contribution in [0.4, 0.5) is 4.79 Å². The summed E-state index contributed by atoms with van der Waals surface area (Å²) in [5, 5.41) is 13.9. The van der Waals surface area contributed by atoms with E-state index >= 15 is 0 Å². The molecule has 3 rings (SSSR count). The van der Waals surface area contributed by atoms with Crippen molar-refractivity contribution in [2.45, 2.75) is 45.3 Å². The van der Waals surface area contributed by atoms with Crippen LogP contribution in [0.5, 0.6) is 11.6 Å². The van der Waals surface area contributed by atoms with Gasteiger partial charge in [-0.05, 0) is 57.5 Å². The quantitative estimate of drug-likeness (QED) is 0.607. The largest absolute Gasteiger partial charge is 0.480 e. The Morgan fingerprint density at radius 2 is 1.74 bits per heavy atom. The number of nitrogens with zero attached hydrogens (tertiary/aromatic N) is 2. The topological polar surface area (TPSA) is 111 Å². The number of nitrogens with one attached hydrogen (secondary N) is 1. The van der Waals surface area contributed by atoms with E-state index in [-0.39, 0.29) is 6.42 Å². The van der Waals surface area contributed by atoms with Crippen molar-refractivity contribution in [3.63, 3.8) is 0 Å². The normalized spacial score (nSPS) is 13.3. The first-order chi connectivity index (χ1) is 14.6. The predicted octanol–water partition coefficient (Wildman–Crippen LogP) is 4.33. The second kappa shape index (κ2) is 8.59. The van der Waals surface area contributed by atoms with Gasteiger partial charge in [-0.1, -0.05) is 12.1 Å². The van der Waals surface area contributed by atoms with E-state index in [4.69, 9.17) is 9.47 Å². The standard InChI is InChI=1S/C23H25N3O5/c1-22(2,3)31-21(29)26-23(4,20(27)28)13-15-5-7-17(8-6-15)30-19-18-10-11-24-14-16(18)9-12-25-19/h5-12,14H,13H2,1-4H3,(H,26,29)(H,27,28)/t23-/m0/s1. The molecule has 8 nitrogen and oxygen atoms in total. The number of fused-ring (bicyclic) bond motifs is 1. The van der Waals surface area contributed by atoms with Crippen LogP contribution in [-0.2, 0) is 16.0 Å². The molecule has 0 aliphatic rings.